The molecule has 0 aliphatic carbocycles. The van der Waals surface area contributed by atoms with Crippen LogP contribution in [0.3, 0.4) is 0 Å². The van der Waals surface area contributed by atoms with Crippen LogP contribution in [0.25, 0.3) is 11.0 Å². The Kier molecular flexibility index (Phi) is 3.74. The molecule has 0 atom stereocenters. The molecule has 1 heterocycles. The molecule has 2 rings (SSSR count). The Bertz CT molecular complexity index is 493. The standard InChI is InChI=1S/C13H15F2NO/c1-2-11-10(7-16-8-13(14)15)9-5-3-4-6-12(9)17-11/h3-6,13,16H,2,7-8H2,1H3. The SMILES string of the molecule is CCc1oc2ccccc2c1CNCC(F)F. The summed E-state index contributed by atoms with van der Waals surface area (Å²) in [6.45, 7) is 2.13. The number of nitrogens with one attached hydrogen (secondary N) is 1. The van der Waals surface area contributed by atoms with Crippen LogP contribution in [0.15, 0.2) is 28.7 Å². The molecule has 0 spiro atoms. The van der Waals surface area contributed by atoms with E-state index < -0.39 is 6.43 Å². The highest BCUT2D eigenvalue weighted by Crippen LogP contribution is 2.26. The molecule has 1 N–H and O–H groups in total. The molecule has 0 unspecified atom stereocenters. The lowest BCUT2D eigenvalue weighted by atomic mass is 10.1. The first-order chi connectivity index (χ1) is 8.22. The van der Waals surface area contributed by atoms with Crippen molar-refractivity contribution in [1.29, 1.82) is 0 Å². The molecule has 0 saturated carbocycles. The number of hydrogen-bond acceptors (Lipinski definition) is 2. The van der Waals surface area contributed by atoms with Crippen LogP contribution in [0.2, 0.25) is 0 Å². The van der Waals surface area contributed by atoms with E-state index in [9.17, 15) is 8.78 Å². The Morgan fingerprint density at radius 2 is 2.06 bits per heavy atom. The topological polar surface area (TPSA) is 25.2 Å². The summed E-state index contributed by atoms with van der Waals surface area (Å²) in [6, 6.07) is 7.68. The van der Waals surface area contributed by atoms with Crippen LogP contribution in [0.5, 0.6) is 0 Å². The van der Waals surface area contributed by atoms with Crippen molar-refractivity contribution in [2.45, 2.75) is 26.3 Å². The van der Waals surface area contributed by atoms with Gasteiger partial charge in [0.15, 0.2) is 0 Å². The van der Waals surface area contributed by atoms with Gasteiger partial charge in [0.2, 0.25) is 0 Å². The van der Waals surface area contributed by atoms with E-state index in [0.717, 1.165) is 28.7 Å². The van der Waals surface area contributed by atoms with E-state index in [4.69, 9.17) is 4.42 Å². The number of alkyl halides is 2. The van der Waals surface area contributed by atoms with E-state index in [-0.39, 0.29) is 6.54 Å². The third kappa shape index (κ3) is 2.64. The van der Waals surface area contributed by atoms with E-state index in [1.807, 2.05) is 31.2 Å². The van der Waals surface area contributed by atoms with Crippen LogP contribution >= 0.6 is 0 Å². The maximum Gasteiger partial charge on any atom is 0.250 e. The lowest BCUT2D eigenvalue weighted by Gasteiger charge is -2.04. The summed E-state index contributed by atoms with van der Waals surface area (Å²) in [6.07, 6.45) is -1.56. The zero-order valence-corrected chi connectivity index (χ0v) is 9.67. The molecular formula is C13H15F2NO. The van der Waals surface area contributed by atoms with Gasteiger partial charge in [-0.25, -0.2) is 8.78 Å². The van der Waals surface area contributed by atoms with E-state index in [2.05, 4.69) is 5.32 Å². The molecule has 4 heteroatoms. The number of fused-ring (bicyclic) bond motifs is 1. The zero-order chi connectivity index (χ0) is 12.3. The van der Waals surface area contributed by atoms with Crippen molar-refractivity contribution in [2.75, 3.05) is 6.54 Å². The fourth-order valence-corrected chi connectivity index (χ4v) is 1.94. The quantitative estimate of drug-likeness (QED) is 0.865. The predicted molar refractivity (Wildman–Crippen MR) is 63.3 cm³/mol. The summed E-state index contributed by atoms with van der Waals surface area (Å²) in [5.41, 5.74) is 1.81. The molecule has 0 fully saturated rings. The third-order valence-electron chi connectivity index (χ3n) is 2.70. The first-order valence-corrected chi connectivity index (χ1v) is 5.70. The molecule has 2 nitrogen and oxygen atoms in total. The second-order valence-electron chi connectivity index (χ2n) is 3.88. The number of aryl methyl sites for hydroxylation is 1. The predicted octanol–water partition coefficient (Wildman–Crippen LogP) is 3.35. The maximum absolute atomic E-state index is 12.1. The minimum atomic E-state index is -2.32. The Hall–Kier alpha value is -1.42. The third-order valence-corrected chi connectivity index (χ3v) is 2.70. The minimum absolute atomic E-state index is 0.289. The van der Waals surface area contributed by atoms with Crippen molar-refractivity contribution < 1.29 is 13.2 Å². The van der Waals surface area contributed by atoms with Gasteiger partial charge in [0, 0.05) is 23.9 Å². The monoisotopic (exact) mass is 239 g/mol. The minimum Gasteiger partial charge on any atom is -0.461 e. The summed E-state index contributed by atoms with van der Waals surface area (Å²) in [4.78, 5) is 0. The average molecular weight is 239 g/mol. The van der Waals surface area contributed by atoms with Crippen LogP contribution in [-0.2, 0) is 13.0 Å². The molecule has 0 amide bonds. The van der Waals surface area contributed by atoms with Crippen molar-refractivity contribution in [2.24, 2.45) is 0 Å². The van der Waals surface area contributed by atoms with Gasteiger partial charge in [-0.3, -0.25) is 0 Å². The molecule has 0 bridgehead atoms. The Labute approximate surface area is 98.6 Å². The largest absolute Gasteiger partial charge is 0.461 e. The second-order valence-corrected chi connectivity index (χ2v) is 3.88. The zero-order valence-electron chi connectivity index (χ0n) is 9.67. The van der Waals surface area contributed by atoms with E-state index in [0.29, 0.717) is 6.54 Å². The number of hydrogen-bond donors (Lipinski definition) is 1. The second kappa shape index (κ2) is 5.27. The summed E-state index contributed by atoms with van der Waals surface area (Å²) < 4.78 is 29.8. The number of furan rings is 1. The van der Waals surface area contributed by atoms with Gasteiger partial charge in [-0.15, -0.1) is 0 Å². The van der Waals surface area contributed by atoms with E-state index >= 15 is 0 Å². The molecule has 1 aromatic carbocycles. The summed E-state index contributed by atoms with van der Waals surface area (Å²) in [5, 5.41) is 3.75. The van der Waals surface area contributed by atoms with Gasteiger partial charge in [0.1, 0.15) is 11.3 Å². The molecule has 1 aromatic heterocycles. The first kappa shape index (κ1) is 12.0. The van der Waals surface area contributed by atoms with Crippen LogP contribution in [-0.4, -0.2) is 13.0 Å². The van der Waals surface area contributed by atoms with E-state index in [1.54, 1.807) is 0 Å². The van der Waals surface area contributed by atoms with Gasteiger partial charge in [-0.2, -0.15) is 0 Å². The van der Waals surface area contributed by atoms with Crippen LogP contribution < -0.4 is 5.32 Å². The lowest BCUT2D eigenvalue weighted by Crippen LogP contribution is -2.20. The fraction of sp³-hybridized carbons (Fsp3) is 0.385. The van der Waals surface area contributed by atoms with Crippen molar-refractivity contribution in [3.63, 3.8) is 0 Å². The van der Waals surface area contributed by atoms with Gasteiger partial charge in [-0.1, -0.05) is 25.1 Å². The van der Waals surface area contributed by atoms with Gasteiger partial charge in [0.05, 0.1) is 6.54 Å². The van der Waals surface area contributed by atoms with Gasteiger partial charge in [-0.05, 0) is 6.07 Å². The van der Waals surface area contributed by atoms with Crippen molar-refractivity contribution in [1.82, 2.24) is 5.32 Å². The van der Waals surface area contributed by atoms with Gasteiger partial charge >= 0.3 is 0 Å². The molecule has 92 valence electrons. The van der Waals surface area contributed by atoms with Crippen molar-refractivity contribution in [3.05, 3.63) is 35.6 Å². The highest BCUT2D eigenvalue weighted by Gasteiger charge is 2.12. The number of rotatable bonds is 5. The first-order valence-electron chi connectivity index (χ1n) is 5.70. The number of para-hydroxylation sites is 1. The fourth-order valence-electron chi connectivity index (χ4n) is 1.94. The molecule has 17 heavy (non-hydrogen) atoms. The Balaban J connectivity index is 2.24. The van der Waals surface area contributed by atoms with Crippen LogP contribution in [0.1, 0.15) is 18.2 Å². The molecule has 2 aromatic rings. The molecular weight excluding hydrogens is 224 g/mol. The van der Waals surface area contributed by atoms with Gasteiger partial charge < -0.3 is 9.73 Å². The highest BCUT2D eigenvalue weighted by atomic mass is 19.3. The lowest BCUT2D eigenvalue weighted by molar-refractivity contribution is 0.145. The summed E-state index contributed by atoms with van der Waals surface area (Å²) >= 11 is 0. The number of benzene rings is 1. The normalized spacial score (nSPS) is 11.5. The Morgan fingerprint density at radius 3 is 2.76 bits per heavy atom. The average Bonchev–Trinajstić information content (AvgIpc) is 2.67. The molecule has 0 saturated heterocycles. The summed E-state index contributed by atoms with van der Waals surface area (Å²) in [5.74, 6) is 0.868. The maximum atomic E-state index is 12.1. The molecule has 0 radical (unpaired) electrons. The number of halogens is 2. The Morgan fingerprint density at radius 1 is 1.29 bits per heavy atom. The van der Waals surface area contributed by atoms with Crippen molar-refractivity contribution in [3.8, 4) is 0 Å². The van der Waals surface area contributed by atoms with E-state index in [1.165, 1.54) is 0 Å². The van der Waals surface area contributed by atoms with Crippen molar-refractivity contribution >= 4 is 11.0 Å². The molecule has 0 aliphatic rings. The molecule has 0 aliphatic heterocycles. The van der Waals surface area contributed by atoms with Crippen LogP contribution in [0.4, 0.5) is 8.78 Å². The smallest absolute Gasteiger partial charge is 0.250 e. The van der Waals surface area contributed by atoms with Crippen LogP contribution in [0, 0.1) is 0 Å². The highest BCUT2D eigenvalue weighted by molar-refractivity contribution is 5.82. The summed E-state index contributed by atoms with van der Waals surface area (Å²) in [7, 11) is 0. The van der Waals surface area contributed by atoms with Gasteiger partial charge in [0.25, 0.3) is 6.43 Å².